The van der Waals surface area contributed by atoms with E-state index in [4.69, 9.17) is 5.26 Å². The molecule has 0 aliphatic carbocycles. The number of azo groups is 1. The third-order valence-electron chi connectivity index (χ3n) is 2.95. The van der Waals surface area contributed by atoms with Gasteiger partial charge in [0.25, 0.3) is 5.69 Å². The van der Waals surface area contributed by atoms with Crippen molar-refractivity contribution >= 4 is 11.4 Å². The van der Waals surface area contributed by atoms with E-state index < -0.39 is 4.92 Å². The Bertz CT molecular complexity index is 737. The van der Waals surface area contributed by atoms with E-state index in [1.54, 1.807) is 13.0 Å². The molecule has 0 aliphatic rings. The van der Waals surface area contributed by atoms with Crippen molar-refractivity contribution in [2.24, 2.45) is 10.2 Å². The van der Waals surface area contributed by atoms with Gasteiger partial charge in [-0.25, -0.2) is 0 Å². The van der Waals surface area contributed by atoms with Crippen LogP contribution in [0.15, 0.2) is 64.0 Å². The van der Waals surface area contributed by atoms with Crippen molar-refractivity contribution in [2.75, 3.05) is 0 Å². The Kier molecular flexibility index (Phi) is 5.90. The summed E-state index contributed by atoms with van der Waals surface area (Å²) in [6, 6.07) is 5.75. The van der Waals surface area contributed by atoms with E-state index in [1.165, 1.54) is 18.2 Å². The normalized spacial score (nSPS) is 12.3. The van der Waals surface area contributed by atoms with Crippen molar-refractivity contribution in [1.82, 2.24) is 0 Å². The molecule has 0 fully saturated rings. The van der Waals surface area contributed by atoms with Crippen LogP contribution in [0.1, 0.15) is 26.3 Å². The summed E-state index contributed by atoms with van der Waals surface area (Å²) >= 11 is 0. The van der Waals surface area contributed by atoms with E-state index >= 15 is 0 Å². The zero-order valence-electron chi connectivity index (χ0n) is 12.7. The maximum Gasteiger partial charge on any atom is 0.270 e. The molecule has 0 heterocycles. The lowest BCUT2D eigenvalue weighted by atomic mass is 10.1. The molecular formula is C16H16N4O2. The first-order chi connectivity index (χ1) is 10.4. The molecule has 0 aromatic heterocycles. The molecule has 0 amide bonds. The second kappa shape index (κ2) is 7.64. The van der Waals surface area contributed by atoms with Crippen LogP contribution >= 0.6 is 0 Å². The Balaban J connectivity index is 3.05. The van der Waals surface area contributed by atoms with Crippen molar-refractivity contribution in [3.05, 3.63) is 69.5 Å². The molecular weight excluding hydrogens is 280 g/mol. The lowest BCUT2D eigenvalue weighted by molar-refractivity contribution is -0.384. The highest BCUT2D eigenvalue weighted by Gasteiger charge is 2.10. The van der Waals surface area contributed by atoms with Gasteiger partial charge in [-0.1, -0.05) is 12.7 Å². The van der Waals surface area contributed by atoms with E-state index in [2.05, 4.69) is 16.8 Å². The highest BCUT2D eigenvalue weighted by molar-refractivity contribution is 5.57. The average Bonchev–Trinajstić information content (AvgIpc) is 2.51. The molecule has 0 radical (unpaired) electrons. The van der Waals surface area contributed by atoms with Gasteiger partial charge in [-0.15, -0.1) is 5.11 Å². The molecule has 1 rings (SSSR count). The summed E-state index contributed by atoms with van der Waals surface area (Å²) in [6.45, 7) is 9.53. The standard InChI is InChI=1S/C16H16N4O2/c1-5-11(2)12(3)8-13(4)18-19-16-7-6-15(20(21)22)9-14(16)10-17/h5-9H,3H2,1-2,4H3/b11-5-,13-8+,19-18?. The van der Waals surface area contributed by atoms with Gasteiger partial charge in [0.05, 0.1) is 16.2 Å². The predicted octanol–water partition coefficient (Wildman–Crippen LogP) is 4.98. The number of nitriles is 1. The molecule has 0 aliphatic heterocycles. The third-order valence-corrected chi connectivity index (χ3v) is 2.95. The highest BCUT2D eigenvalue weighted by atomic mass is 16.6. The molecule has 112 valence electrons. The van der Waals surface area contributed by atoms with Gasteiger partial charge in [-0.2, -0.15) is 10.4 Å². The number of non-ortho nitro benzene ring substituents is 1. The number of allylic oxidation sites excluding steroid dienone is 5. The second-order valence-corrected chi connectivity index (χ2v) is 4.55. The average molecular weight is 296 g/mol. The van der Waals surface area contributed by atoms with Crippen molar-refractivity contribution in [3.8, 4) is 6.07 Å². The summed E-state index contributed by atoms with van der Waals surface area (Å²) in [5, 5.41) is 27.7. The lowest BCUT2D eigenvalue weighted by Gasteiger charge is -2.00. The van der Waals surface area contributed by atoms with Crippen molar-refractivity contribution in [3.63, 3.8) is 0 Å². The molecule has 0 saturated heterocycles. The topological polar surface area (TPSA) is 91.7 Å². The molecule has 0 unspecified atom stereocenters. The van der Waals surface area contributed by atoms with Gasteiger partial charge >= 0.3 is 0 Å². The fourth-order valence-corrected chi connectivity index (χ4v) is 1.53. The number of hydrogen-bond acceptors (Lipinski definition) is 5. The molecule has 1 aromatic rings. The molecule has 0 N–H and O–H groups in total. The van der Waals surface area contributed by atoms with Crippen LogP contribution in [-0.4, -0.2) is 4.92 Å². The maximum atomic E-state index is 10.7. The predicted molar refractivity (Wildman–Crippen MR) is 84.7 cm³/mol. The number of hydrogen-bond donors (Lipinski definition) is 0. The van der Waals surface area contributed by atoms with Crippen LogP contribution in [-0.2, 0) is 0 Å². The van der Waals surface area contributed by atoms with Gasteiger partial charge in [0.1, 0.15) is 11.8 Å². The first-order valence-corrected chi connectivity index (χ1v) is 6.49. The van der Waals surface area contributed by atoms with Gasteiger partial charge in [-0.05, 0) is 44.1 Å². The number of benzene rings is 1. The summed E-state index contributed by atoms with van der Waals surface area (Å²) in [5.41, 5.74) is 2.71. The Labute approximate surface area is 129 Å². The minimum atomic E-state index is -0.559. The Hall–Kier alpha value is -3.07. The van der Waals surface area contributed by atoms with E-state index in [9.17, 15) is 10.1 Å². The summed E-state index contributed by atoms with van der Waals surface area (Å²) in [4.78, 5) is 10.1. The lowest BCUT2D eigenvalue weighted by Crippen LogP contribution is -1.88. The van der Waals surface area contributed by atoms with E-state index in [-0.39, 0.29) is 16.9 Å². The van der Waals surface area contributed by atoms with Crippen molar-refractivity contribution in [2.45, 2.75) is 20.8 Å². The summed E-state index contributed by atoms with van der Waals surface area (Å²) in [7, 11) is 0. The van der Waals surface area contributed by atoms with Gasteiger partial charge in [0, 0.05) is 12.1 Å². The molecule has 6 heteroatoms. The van der Waals surface area contributed by atoms with Crippen LogP contribution in [0.2, 0.25) is 0 Å². The number of rotatable bonds is 5. The molecule has 6 nitrogen and oxygen atoms in total. The fourth-order valence-electron chi connectivity index (χ4n) is 1.53. The second-order valence-electron chi connectivity index (χ2n) is 4.55. The largest absolute Gasteiger partial charge is 0.270 e. The first-order valence-electron chi connectivity index (χ1n) is 6.49. The maximum absolute atomic E-state index is 10.7. The van der Waals surface area contributed by atoms with Crippen molar-refractivity contribution in [1.29, 1.82) is 5.26 Å². The number of nitro benzene ring substituents is 1. The summed E-state index contributed by atoms with van der Waals surface area (Å²) < 4.78 is 0. The number of nitro groups is 1. The van der Waals surface area contributed by atoms with Crippen LogP contribution < -0.4 is 0 Å². The van der Waals surface area contributed by atoms with Crippen LogP contribution in [0.3, 0.4) is 0 Å². The minimum absolute atomic E-state index is 0.106. The van der Waals surface area contributed by atoms with Crippen LogP contribution in [0, 0.1) is 21.4 Å². The molecule has 1 aromatic carbocycles. The molecule has 0 spiro atoms. The third kappa shape index (κ3) is 4.49. The van der Waals surface area contributed by atoms with Gasteiger partial charge < -0.3 is 0 Å². The first kappa shape index (κ1) is 17.0. The Morgan fingerprint density at radius 2 is 2.14 bits per heavy atom. The van der Waals surface area contributed by atoms with Gasteiger partial charge in [-0.3, -0.25) is 10.1 Å². The monoisotopic (exact) mass is 296 g/mol. The Morgan fingerprint density at radius 1 is 1.45 bits per heavy atom. The highest BCUT2D eigenvalue weighted by Crippen LogP contribution is 2.25. The molecule has 0 atom stereocenters. The summed E-state index contributed by atoms with van der Waals surface area (Å²) in [5.74, 6) is 0. The van der Waals surface area contributed by atoms with E-state index in [0.717, 1.165) is 11.1 Å². The quantitative estimate of drug-likeness (QED) is 0.332. The minimum Gasteiger partial charge on any atom is -0.258 e. The van der Waals surface area contributed by atoms with Crippen LogP contribution in [0.5, 0.6) is 0 Å². The van der Waals surface area contributed by atoms with Gasteiger partial charge in [0.15, 0.2) is 0 Å². The molecule has 22 heavy (non-hydrogen) atoms. The smallest absolute Gasteiger partial charge is 0.258 e. The Morgan fingerprint density at radius 3 is 2.68 bits per heavy atom. The molecule has 0 saturated carbocycles. The fraction of sp³-hybridized carbons (Fsp3) is 0.188. The van der Waals surface area contributed by atoms with E-state index in [0.29, 0.717) is 5.70 Å². The summed E-state index contributed by atoms with van der Waals surface area (Å²) in [6.07, 6.45) is 3.71. The SMILES string of the molecule is C=C(/C=C(\C)N=Nc1ccc([N+](=O)[O-])cc1C#N)/C(C)=C\C. The van der Waals surface area contributed by atoms with Crippen LogP contribution in [0.25, 0.3) is 0 Å². The zero-order chi connectivity index (χ0) is 16.7. The number of nitrogens with zero attached hydrogens (tertiary/aromatic N) is 4. The van der Waals surface area contributed by atoms with E-state index in [1.807, 2.05) is 26.0 Å². The van der Waals surface area contributed by atoms with Gasteiger partial charge in [0.2, 0.25) is 0 Å². The zero-order valence-corrected chi connectivity index (χ0v) is 12.7. The van der Waals surface area contributed by atoms with Crippen molar-refractivity contribution < 1.29 is 4.92 Å². The van der Waals surface area contributed by atoms with Crippen LogP contribution in [0.4, 0.5) is 11.4 Å². The molecule has 0 bridgehead atoms.